The van der Waals surface area contributed by atoms with Crippen LogP contribution in [0.2, 0.25) is 0 Å². The van der Waals surface area contributed by atoms with Gasteiger partial charge in [0.05, 0.1) is 17.7 Å². The molecule has 1 saturated carbocycles. The van der Waals surface area contributed by atoms with Gasteiger partial charge in [0.1, 0.15) is 0 Å². The first-order valence-electron chi connectivity index (χ1n) is 11.0. The number of benzene rings is 2. The van der Waals surface area contributed by atoms with Gasteiger partial charge in [-0.1, -0.05) is 24.3 Å². The van der Waals surface area contributed by atoms with Crippen molar-refractivity contribution in [1.29, 1.82) is 0 Å². The fraction of sp³-hybridized carbons (Fsp3) is 0.320. The molecule has 7 nitrogen and oxygen atoms in total. The molecule has 2 aliphatic rings. The average Bonchev–Trinajstić information content (AvgIpc) is 3.52. The molecule has 1 aromatic heterocycles. The van der Waals surface area contributed by atoms with Gasteiger partial charge < -0.3 is 15.5 Å². The highest BCUT2D eigenvalue weighted by molar-refractivity contribution is 5.91. The van der Waals surface area contributed by atoms with Crippen molar-refractivity contribution in [2.24, 2.45) is 16.8 Å². The number of amides is 1. The number of piperazine rings is 1. The molecule has 1 amide bonds. The molecule has 2 unspecified atom stereocenters. The first-order valence-corrected chi connectivity index (χ1v) is 11.0. The Morgan fingerprint density at radius 2 is 1.91 bits per heavy atom. The molecule has 3 aromatic rings. The van der Waals surface area contributed by atoms with E-state index in [9.17, 15) is 4.79 Å². The largest absolute Gasteiger partial charge is 0.369 e. The first-order chi connectivity index (χ1) is 15.5. The van der Waals surface area contributed by atoms with Crippen molar-refractivity contribution in [2.45, 2.75) is 12.0 Å². The standard InChI is InChI=1S/C25H28N6O/c1-30-10-12-31(13-11-30)22-6-4-21(5-7-22)25(26)15-23(25)24(32)29-28-16-18-2-3-20-17-27-9-8-19(20)14-18/h2-9,14,16-17,23H,10-13,15,26H2,1H3,(H,29,32)/b28-16+. The van der Waals surface area contributed by atoms with Gasteiger partial charge >= 0.3 is 0 Å². The monoisotopic (exact) mass is 428 g/mol. The van der Waals surface area contributed by atoms with Crippen molar-refractivity contribution < 1.29 is 4.79 Å². The minimum absolute atomic E-state index is 0.142. The topological polar surface area (TPSA) is 86.9 Å². The Kier molecular flexibility index (Phi) is 5.36. The number of aromatic nitrogens is 1. The summed E-state index contributed by atoms with van der Waals surface area (Å²) in [6.07, 6.45) is 5.87. The number of anilines is 1. The van der Waals surface area contributed by atoms with Crippen molar-refractivity contribution >= 4 is 28.6 Å². The first kappa shape index (κ1) is 20.6. The van der Waals surface area contributed by atoms with E-state index in [1.807, 2.05) is 30.5 Å². The fourth-order valence-corrected chi connectivity index (χ4v) is 4.40. The number of carbonyl (C=O) groups excluding carboxylic acids is 1. The van der Waals surface area contributed by atoms with Crippen LogP contribution in [0.1, 0.15) is 17.5 Å². The normalized spacial score (nSPS) is 23.6. The lowest BCUT2D eigenvalue weighted by atomic mass is 10.0. The van der Waals surface area contributed by atoms with Crippen molar-refractivity contribution in [3.8, 4) is 0 Å². The summed E-state index contributed by atoms with van der Waals surface area (Å²) in [5.74, 6) is -0.409. The van der Waals surface area contributed by atoms with Crippen LogP contribution in [0.4, 0.5) is 5.69 Å². The quantitative estimate of drug-likeness (QED) is 0.481. The van der Waals surface area contributed by atoms with Crippen LogP contribution >= 0.6 is 0 Å². The van der Waals surface area contributed by atoms with Gasteiger partial charge in [-0.2, -0.15) is 5.10 Å². The molecule has 2 heterocycles. The van der Waals surface area contributed by atoms with Crippen LogP contribution in [0.15, 0.2) is 66.0 Å². The Bertz CT molecular complexity index is 1150. The van der Waals surface area contributed by atoms with Crippen LogP contribution < -0.4 is 16.1 Å². The molecule has 2 atom stereocenters. The summed E-state index contributed by atoms with van der Waals surface area (Å²) < 4.78 is 0. The lowest BCUT2D eigenvalue weighted by Crippen LogP contribution is -2.44. The number of hydrogen-bond acceptors (Lipinski definition) is 6. The van der Waals surface area contributed by atoms with Crippen LogP contribution in [-0.2, 0) is 10.3 Å². The van der Waals surface area contributed by atoms with Crippen LogP contribution in [0.25, 0.3) is 10.8 Å². The number of likely N-dealkylation sites (N-methyl/N-ethyl adjacent to an activating group) is 1. The summed E-state index contributed by atoms with van der Waals surface area (Å²) in [6, 6.07) is 16.3. The van der Waals surface area contributed by atoms with Crippen molar-refractivity contribution in [3.63, 3.8) is 0 Å². The number of hydrazone groups is 1. The number of nitrogens with zero attached hydrogens (tertiary/aromatic N) is 4. The molecule has 0 radical (unpaired) electrons. The average molecular weight is 429 g/mol. The van der Waals surface area contributed by atoms with E-state index >= 15 is 0 Å². The molecule has 1 aliphatic heterocycles. The van der Waals surface area contributed by atoms with Crippen molar-refractivity contribution in [3.05, 3.63) is 72.1 Å². The van der Waals surface area contributed by atoms with E-state index < -0.39 is 5.54 Å². The Morgan fingerprint density at radius 1 is 1.12 bits per heavy atom. The smallest absolute Gasteiger partial charge is 0.245 e. The Hall–Kier alpha value is -3.29. The lowest BCUT2D eigenvalue weighted by molar-refractivity contribution is -0.122. The molecule has 7 heteroatoms. The summed E-state index contributed by atoms with van der Waals surface area (Å²) in [5, 5.41) is 6.29. The van der Waals surface area contributed by atoms with Crippen molar-refractivity contribution in [2.75, 3.05) is 38.1 Å². The van der Waals surface area contributed by atoms with Gasteiger partial charge in [0.25, 0.3) is 0 Å². The molecule has 2 fully saturated rings. The second-order valence-corrected chi connectivity index (χ2v) is 8.85. The highest BCUT2D eigenvalue weighted by atomic mass is 16.2. The second kappa shape index (κ2) is 8.33. The fourth-order valence-electron chi connectivity index (χ4n) is 4.40. The highest BCUT2D eigenvalue weighted by Crippen LogP contribution is 2.49. The third kappa shape index (κ3) is 4.09. The zero-order chi connectivity index (χ0) is 22.1. The number of pyridine rings is 1. The summed E-state index contributed by atoms with van der Waals surface area (Å²) >= 11 is 0. The maximum atomic E-state index is 12.6. The third-order valence-electron chi connectivity index (χ3n) is 6.65. The predicted molar refractivity (Wildman–Crippen MR) is 128 cm³/mol. The molecule has 0 bridgehead atoms. The van der Waals surface area contributed by atoms with Gasteiger partial charge in [0, 0.05) is 49.6 Å². The molecule has 1 saturated heterocycles. The minimum atomic E-state index is -0.615. The van der Waals surface area contributed by atoms with Gasteiger partial charge in [0.2, 0.25) is 5.91 Å². The Labute approximate surface area is 187 Å². The zero-order valence-electron chi connectivity index (χ0n) is 18.2. The van der Waals surface area contributed by atoms with E-state index in [4.69, 9.17) is 5.73 Å². The number of fused-ring (bicyclic) bond motifs is 1. The minimum Gasteiger partial charge on any atom is -0.369 e. The molecular formula is C25H28N6O. The lowest BCUT2D eigenvalue weighted by Gasteiger charge is -2.34. The molecule has 5 rings (SSSR count). The third-order valence-corrected chi connectivity index (χ3v) is 6.65. The SMILES string of the molecule is CN1CCN(c2ccc(C3(N)CC3C(=O)N/N=C/c3ccc4cnccc4c3)cc2)CC1. The van der Waals surface area contributed by atoms with E-state index in [2.05, 4.69) is 56.6 Å². The van der Waals surface area contributed by atoms with Gasteiger partial charge in [-0.15, -0.1) is 0 Å². The van der Waals surface area contributed by atoms with Crippen LogP contribution in [-0.4, -0.2) is 55.2 Å². The van der Waals surface area contributed by atoms with Crippen LogP contribution in [0.3, 0.4) is 0 Å². The number of nitrogens with one attached hydrogen (secondary N) is 1. The summed E-state index contributed by atoms with van der Waals surface area (Å²) in [5.41, 5.74) is 11.7. The Balaban J connectivity index is 1.19. The van der Waals surface area contributed by atoms with Crippen LogP contribution in [0.5, 0.6) is 0 Å². The van der Waals surface area contributed by atoms with Gasteiger partial charge in [0.15, 0.2) is 0 Å². The molecule has 32 heavy (non-hydrogen) atoms. The Morgan fingerprint density at radius 3 is 2.69 bits per heavy atom. The number of carbonyl (C=O) groups is 1. The van der Waals surface area contributed by atoms with Gasteiger partial charge in [-0.25, -0.2) is 5.43 Å². The molecule has 3 N–H and O–H groups in total. The number of hydrogen-bond donors (Lipinski definition) is 2. The summed E-state index contributed by atoms with van der Waals surface area (Å²) in [6.45, 7) is 4.20. The molecule has 164 valence electrons. The summed E-state index contributed by atoms with van der Waals surface area (Å²) in [7, 11) is 2.15. The van der Waals surface area contributed by atoms with E-state index in [0.717, 1.165) is 48.1 Å². The maximum absolute atomic E-state index is 12.6. The van der Waals surface area contributed by atoms with E-state index in [1.165, 1.54) is 5.69 Å². The maximum Gasteiger partial charge on any atom is 0.245 e. The van der Waals surface area contributed by atoms with Gasteiger partial charge in [-0.3, -0.25) is 9.78 Å². The molecule has 0 spiro atoms. The molecular weight excluding hydrogens is 400 g/mol. The summed E-state index contributed by atoms with van der Waals surface area (Å²) in [4.78, 5) is 21.5. The second-order valence-electron chi connectivity index (χ2n) is 8.85. The number of nitrogens with two attached hydrogens (primary N) is 1. The zero-order valence-corrected chi connectivity index (χ0v) is 18.2. The number of rotatable bonds is 5. The van der Waals surface area contributed by atoms with Crippen molar-refractivity contribution in [1.82, 2.24) is 15.3 Å². The molecule has 2 aromatic carbocycles. The van der Waals surface area contributed by atoms with E-state index in [0.29, 0.717) is 6.42 Å². The molecule has 1 aliphatic carbocycles. The van der Waals surface area contributed by atoms with Crippen LogP contribution in [0, 0.1) is 5.92 Å². The van der Waals surface area contributed by atoms with E-state index in [-0.39, 0.29) is 11.8 Å². The van der Waals surface area contributed by atoms with E-state index in [1.54, 1.807) is 12.4 Å². The van der Waals surface area contributed by atoms with Gasteiger partial charge in [-0.05, 0) is 54.2 Å². The highest BCUT2D eigenvalue weighted by Gasteiger charge is 2.56. The predicted octanol–water partition coefficient (Wildman–Crippen LogP) is 2.31.